The van der Waals surface area contributed by atoms with E-state index in [0.29, 0.717) is 17.7 Å². The van der Waals surface area contributed by atoms with Crippen LogP contribution < -0.4 is 27.7 Å². The van der Waals surface area contributed by atoms with Crippen molar-refractivity contribution in [2.24, 2.45) is 16.5 Å². The largest absolute Gasteiger partial charge is 0.392 e. The lowest BCUT2D eigenvalue weighted by atomic mass is 10.0. The number of aryl methyl sites for hydroxylation is 1. The van der Waals surface area contributed by atoms with Crippen molar-refractivity contribution in [3.05, 3.63) is 76.1 Å². The third-order valence-corrected chi connectivity index (χ3v) is 7.09. The van der Waals surface area contributed by atoms with Gasteiger partial charge in [0.2, 0.25) is 12.4 Å². The second kappa shape index (κ2) is 17.9. The molecule has 4 heterocycles. The summed E-state index contributed by atoms with van der Waals surface area (Å²) in [4.78, 5) is 45.3. The van der Waals surface area contributed by atoms with E-state index < -0.39 is 0 Å². The average Bonchev–Trinajstić information content (AvgIpc) is 3.70. The number of amidine groups is 1. The minimum Gasteiger partial charge on any atom is -0.392 e. The number of para-hydroxylation sites is 1. The fraction of sp³-hybridized carbons (Fsp3) is 0.375. The summed E-state index contributed by atoms with van der Waals surface area (Å²) in [7, 11) is 1.84. The molecule has 0 spiro atoms. The van der Waals surface area contributed by atoms with Crippen LogP contribution in [0.1, 0.15) is 50.7 Å². The van der Waals surface area contributed by atoms with Gasteiger partial charge < -0.3 is 27.1 Å². The average molecular weight is 616 g/mol. The van der Waals surface area contributed by atoms with Crippen LogP contribution in [0.3, 0.4) is 0 Å². The first-order chi connectivity index (χ1) is 21.8. The van der Waals surface area contributed by atoms with Gasteiger partial charge in [0.15, 0.2) is 0 Å². The molecule has 45 heavy (non-hydrogen) atoms. The van der Waals surface area contributed by atoms with Gasteiger partial charge in [0.05, 0.1) is 11.2 Å². The fourth-order valence-corrected chi connectivity index (χ4v) is 4.77. The molecule has 1 fully saturated rings. The van der Waals surface area contributed by atoms with E-state index in [1.54, 1.807) is 12.3 Å². The third kappa shape index (κ3) is 10.6. The van der Waals surface area contributed by atoms with Gasteiger partial charge in [-0.05, 0) is 63.4 Å². The van der Waals surface area contributed by atoms with Crippen molar-refractivity contribution < 1.29 is 4.79 Å². The van der Waals surface area contributed by atoms with Crippen LogP contribution in [0, 0.1) is 6.92 Å². The highest BCUT2D eigenvalue weighted by molar-refractivity contribution is 5.97. The van der Waals surface area contributed by atoms with Gasteiger partial charge in [-0.15, -0.1) is 0 Å². The third-order valence-electron chi connectivity index (χ3n) is 7.09. The summed E-state index contributed by atoms with van der Waals surface area (Å²) in [5, 5.41) is 7.22. The molecule has 1 aliphatic heterocycles. The SMILES string of the molecule is CCCCNc1nccc(=O)[nH]1.CN/C(C)=C\C(N)=N/c1ncc(C)c(-c2c[nH]c3c(CN4CCCC4)cccc23)n1.NC=O. The van der Waals surface area contributed by atoms with E-state index in [4.69, 9.17) is 15.5 Å². The van der Waals surface area contributed by atoms with Gasteiger partial charge in [-0.3, -0.25) is 19.5 Å². The Balaban J connectivity index is 0.000000307. The molecule has 4 aromatic rings. The van der Waals surface area contributed by atoms with Gasteiger partial charge in [-0.2, -0.15) is 4.99 Å². The quantitative estimate of drug-likeness (QED) is 0.0666. The van der Waals surface area contributed by atoms with Gasteiger partial charge in [-0.25, -0.2) is 15.0 Å². The molecule has 0 saturated carbocycles. The normalized spacial score (nSPS) is 13.4. The highest BCUT2D eigenvalue weighted by Crippen LogP contribution is 2.32. The van der Waals surface area contributed by atoms with Crippen molar-refractivity contribution in [3.63, 3.8) is 0 Å². The zero-order chi connectivity index (χ0) is 32.6. The molecule has 240 valence electrons. The number of benzene rings is 1. The molecule has 0 atom stereocenters. The molecule has 0 aliphatic carbocycles. The predicted molar refractivity (Wildman–Crippen MR) is 181 cm³/mol. The molecule has 13 heteroatoms. The lowest BCUT2D eigenvalue weighted by Crippen LogP contribution is -2.18. The Bertz CT molecular complexity index is 1640. The molecular formula is C32H45N11O2. The van der Waals surface area contributed by atoms with Crippen molar-refractivity contribution in [1.82, 2.24) is 35.1 Å². The number of aromatic amines is 2. The number of nitrogens with two attached hydrogens (primary N) is 2. The lowest BCUT2D eigenvalue weighted by Gasteiger charge is -2.15. The summed E-state index contributed by atoms with van der Waals surface area (Å²) < 4.78 is 0. The van der Waals surface area contributed by atoms with E-state index in [1.165, 1.54) is 54.7 Å². The monoisotopic (exact) mass is 615 g/mol. The van der Waals surface area contributed by atoms with Crippen LogP contribution in [-0.4, -0.2) is 68.7 Å². The van der Waals surface area contributed by atoms with Crippen LogP contribution in [0.15, 0.2) is 64.4 Å². The first kappa shape index (κ1) is 34.5. The molecule has 0 bridgehead atoms. The van der Waals surface area contributed by atoms with E-state index in [2.05, 4.69) is 71.3 Å². The number of amides is 1. The molecule has 8 N–H and O–H groups in total. The molecule has 1 aromatic carbocycles. The summed E-state index contributed by atoms with van der Waals surface area (Å²) in [6.45, 7) is 10.2. The van der Waals surface area contributed by atoms with Crippen LogP contribution in [0.25, 0.3) is 22.2 Å². The zero-order valence-corrected chi connectivity index (χ0v) is 26.6. The Kier molecular flexibility index (Phi) is 13.7. The molecular weight excluding hydrogens is 570 g/mol. The Morgan fingerprint density at radius 2 is 1.96 bits per heavy atom. The number of allylic oxidation sites excluding steroid dienone is 1. The van der Waals surface area contributed by atoms with E-state index in [-0.39, 0.29) is 12.0 Å². The van der Waals surface area contributed by atoms with E-state index >= 15 is 0 Å². The van der Waals surface area contributed by atoms with E-state index in [9.17, 15) is 4.79 Å². The van der Waals surface area contributed by atoms with Gasteiger partial charge >= 0.3 is 0 Å². The number of nitrogens with zero attached hydrogens (tertiary/aromatic N) is 5. The smallest absolute Gasteiger partial charge is 0.252 e. The van der Waals surface area contributed by atoms with E-state index in [1.807, 2.05) is 27.1 Å². The van der Waals surface area contributed by atoms with Crippen molar-refractivity contribution >= 4 is 35.0 Å². The predicted octanol–water partition coefficient (Wildman–Crippen LogP) is 3.72. The minimum absolute atomic E-state index is 0.121. The van der Waals surface area contributed by atoms with Crippen molar-refractivity contribution in [2.75, 3.05) is 32.0 Å². The Morgan fingerprint density at radius 3 is 2.64 bits per heavy atom. The first-order valence-electron chi connectivity index (χ1n) is 15.1. The maximum atomic E-state index is 10.8. The molecule has 1 aliphatic rings. The van der Waals surface area contributed by atoms with Crippen molar-refractivity contribution in [3.8, 4) is 11.3 Å². The number of aliphatic imine (C=N–C) groups is 1. The molecule has 5 rings (SSSR count). The minimum atomic E-state index is -0.121. The topological polar surface area (TPSA) is 196 Å². The summed E-state index contributed by atoms with van der Waals surface area (Å²) in [6.07, 6.45) is 12.1. The van der Waals surface area contributed by atoms with Crippen LogP contribution in [0.2, 0.25) is 0 Å². The number of likely N-dealkylation sites (tertiary alicyclic amines) is 1. The summed E-state index contributed by atoms with van der Waals surface area (Å²) in [6, 6.07) is 7.88. The first-order valence-corrected chi connectivity index (χ1v) is 15.1. The molecule has 0 radical (unpaired) electrons. The van der Waals surface area contributed by atoms with Gasteiger partial charge in [0.25, 0.3) is 11.5 Å². The molecule has 0 unspecified atom stereocenters. The second-order valence-electron chi connectivity index (χ2n) is 10.5. The highest BCUT2D eigenvalue weighted by Gasteiger charge is 2.17. The number of nitrogens with one attached hydrogen (secondary N) is 4. The Labute approximate surface area is 263 Å². The van der Waals surface area contributed by atoms with Crippen LogP contribution in [0.4, 0.5) is 11.9 Å². The Morgan fingerprint density at radius 1 is 1.20 bits per heavy atom. The number of unbranched alkanes of at least 4 members (excludes halogenated alkanes) is 1. The molecule has 3 aromatic heterocycles. The van der Waals surface area contributed by atoms with Crippen molar-refractivity contribution in [2.45, 2.75) is 53.0 Å². The molecule has 1 saturated heterocycles. The van der Waals surface area contributed by atoms with Crippen LogP contribution in [-0.2, 0) is 11.3 Å². The van der Waals surface area contributed by atoms with Crippen LogP contribution in [0.5, 0.6) is 0 Å². The number of anilines is 1. The summed E-state index contributed by atoms with van der Waals surface area (Å²) >= 11 is 0. The number of carbonyl (C=O) groups excluding carboxylic acids is 1. The number of aromatic nitrogens is 5. The number of carbonyl (C=O) groups is 1. The number of primary amides is 1. The number of hydrogen-bond acceptors (Lipinski definition) is 9. The second-order valence-corrected chi connectivity index (χ2v) is 10.5. The molecule has 1 amide bonds. The Hall–Kier alpha value is -5.04. The standard InChI is InChI=1S/C23H29N7.C8H13N3O.CH3NO/c1-15-12-27-23(28-20(24)11-16(2)25-3)29-21(15)19-13-26-22-17(7-6-8-18(19)22)14-30-9-4-5-10-30;1-2-3-5-9-8-10-6-4-7(12)11-8;2-1-3/h6-8,11-13,25-26H,4-5,9-10,14H2,1-3H3,(H2,24,27,28,29);4,6H,2-3,5H2,1H3,(H2,9,10,11,12);1H,(H2,2,3)/b16-11-;;. The highest BCUT2D eigenvalue weighted by atomic mass is 16.1. The summed E-state index contributed by atoms with van der Waals surface area (Å²) in [5.74, 6) is 1.27. The number of H-pyrrole nitrogens is 2. The lowest BCUT2D eigenvalue weighted by molar-refractivity contribution is -0.106. The maximum Gasteiger partial charge on any atom is 0.252 e. The molecule has 13 nitrogen and oxygen atoms in total. The summed E-state index contributed by atoms with van der Waals surface area (Å²) in [5.41, 5.74) is 16.4. The van der Waals surface area contributed by atoms with E-state index in [0.717, 1.165) is 48.4 Å². The number of rotatable bonds is 10. The van der Waals surface area contributed by atoms with Crippen LogP contribution >= 0.6 is 0 Å². The zero-order valence-electron chi connectivity index (χ0n) is 26.6. The maximum absolute atomic E-state index is 10.8. The van der Waals surface area contributed by atoms with Crippen molar-refractivity contribution in [1.29, 1.82) is 0 Å². The van der Waals surface area contributed by atoms with Gasteiger partial charge in [0, 0.05) is 61.4 Å². The van der Waals surface area contributed by atoms with Gasteiger partial charge in [-0.1, -0.05) is 31.5 Å². The fourth-order valence-electron chi connectivity index (χ4n) is 4.77. The van der Waals surface area contributed by atoms with Gasteiger partial charge in [0.1, 0.15) is 5.84 Å². The number of fused-ring (bicyclic) bond motifs is 1. The number of hydrogen-bond donors (Lipinski definition) is 6.